The lowest BCUT2D eigenvalue weighted by Crippen LogP contribution is -2.34. The molecule has 0 unspecified atom stereocenters. The maximum Gasteiger partial charge on any atom is 0.260 e. The second kappa shape index (κ2) is 8.05. The molecule has 0 atom stereocenters. The summed E-state index contributed by atoms with van der Waals surface area (Å²) >= 11 is 1.47. The van der Waals surface area contributed by atoms with Crippen molar-refractivity contribution in [2.75, 3.05) is 25.2 Å². The van der Waals surface area contributed by atoms with E-state index in [1.54, 1.807) is 12.0 Å². The third kappa shape index (κ3) is 3.95. The van der Waals surface area contributed by atoms with Crippen LogP contribution in [0.3, 0.4) is 0 Å². The van der Waals surface area contributed by atoms with Crippen molar-refractivity contribution < 1.29 is 9.53 Å². The lowest BCUT2D eigenvalue weighted by Gasteiger charge is -2.20. The van der Waals surface area contributed by atoms with Gasteiger partial charge >= 0.3 is 0 Å². The van der Waals surface area contributed by atoms with E-state index in [4.69, 9.17) is 4.74 Å². The number of thiazole rings is 1. The summed E-state index contributed by atoms with van der Waals surface area (Å²) in [5, 5.41) is 2.67. The minimum absolute atomic E-state index is 0.0517. The minimum Gasteiger partial charge on any atom is -0.383 e. The first-order valence-corrected chi connectivity index (χ1v) is 8.96. The summed E-state index contributed by atoms with van der Waals surface area (Å²) in [4.78, 5) is 19.4. The Hall–Kier alpha value is -2.50. The van der Waals surface area contributed by atoms with E-state index in [9.17, 15) is 4.79 Å². The number of ether oxygens (including phenoxy) is 1. The van der Waals surface area contributed by atoms with E-state index in [1.807, 2.05) is 66.9 Å². The van der Waals surface area contributed by atoms with Gasteiger partial charge in [-0.2, -0.15) is 0 Å². The molecule has 0 radical (unpaired) electrons. The van der Waals surface area contributed by atoms with Crippen LogP contribution in [0.25, 0.3) is 11.3 Å². The lowest BCUT2D eigenvalue weighted by molar-refractivity contribution is 0.0975. The Balaban J connectivity index is 1.92. The molecule has 3 rings (SSSR count). The standard InChI is InChI=1S/C20H20N2O2S/c1-15-8-6-7-11-17(15)19(23)22(12-13-24-2)20-21-18(14-25-20)16-9-4-3-5-10-16/h3-11,14H,12-13H2,1-2H3. The first kappa shape index (κ1) is 17.3. The summed E-state index contributed by atoms with van der Waals surface area (Å²) in [5.74, 6) is -0.0517. The summed E-state index contributed by atoms with van der Waals surface area (Å²) < 4.78 is 5.18. The van der Waals surface area contributed by atoms with Crippen LogP contribution in [0.4, 0.5) is 5.13 Å². The van der Waals surface area contributed by atoms with Crippen LogP contribution >= 0.6 is 11.3 Å². The number of hydrogen-bond acceptors (Lipinski definition) is 4. The molecular formula is C20H20N2O2S. The SMILES string of the molecule is COCCN(C(=O)c1ccccc1C)c1nc(-c2ccccc2)cs1. The quantitative estimate of drug-likeness (QED) is 0.660. The number of hydrogen-bond donors (Lipinski definition) is 0. The van der Waals surface area contributed by atoms with Crippen molar-refractivity contribution in [2.45, 2.75) is 6.92 Å². The highest BCUT2D eigenvalue weighted by atomic mass is 32.1. The lowest BCUT2D eigenvalue weighted by atomic mass is 10.1. The van der Waals surface area contributed by atoms with Gasteiger partial charge in [-0.3, -0.25) is 9.69 Å². The molecule has 1 heterocycles. The normalized spacial score (nSPS) is 10.6. The average Bonchev–Trinajstić information content (AvgIpc) is 3.13. The molecule has 0 bridgehead atoms. The highest BCUT2D eigenvalue weighted by molar-refractivity contribution is 7.14. The van der Waals surface area contributed by atoms with Gasteiger partial charge in [-0.1, -0.05) is 48.5 Å². The van der Waals surface area contributed by atoms with E-state index in [1.165, 1.54) is 11.3 Å². The van der Waals surface area contributed by atoms with Gasteiger partial charge in [0.15, 0.2) is 5.13 Å². The van der Waals surface area contributed by atoms with Crippen molar-refractivity contribution in [1.82, 2.24) is 4.98 Å². The Labute approximate surface area is 151 Å². The second-order valence-electron chi connectivity index (χ2n) is 5.65. The number of anilines is 1. The molecule has 1 amide bonds. The Morgan fingerprint density at radius 1 is 1.12 bits per heavy atom. The third-order valence-corrected chi connectivity index (χ3v) is 4.80. The van der Waals surface area contributed by atoms with Gasteiger partial charge in [0, 0.05) is 23.6 Å². The Bertz CT molecular complexity index is 846. The van der Waals surface area contributed by atoms with Gasteiger partial charge in [-0.25, -0.2) is 4.98 Å². The van der Waals surface area contributed by atoms with Crippen LogP contribution in [-0.2, 0) is 4.74 Å². The highest BCUT2D eigenvalue weighted by Crippen LogP contribution is 2.28. The van der Waals surface area contributed by atoms with E-state index in [-0.39, 0.29) is 5.91 Å². The zero-order valence-corrected chi connectivity index (χ0v) is 15.1. The zero-order chi connectivity index (χ0) is 17.6. The Morgan fingerprint density at radius 2 is 1.84 bits per heavy atom. The number of methoxy groups -OCH3 is 1. The molecule has 5 heteroatoms. The Kier molecular flexibility index (Phi) is 5.58. The Morgan fingerprint density at radius 3 is 2.56 bits per heavy atom. The third-order valence-electron chi connectivity index (χ3n) is 3.93. The van der Waals surface area contributed by atoms with Gasteiger partial charge in [0.25, 0.3) is 5.91 Å². The summed E-state index contributed by atoms with van der Waals surface area (Å²) in [7, 11) is 1.63. The van der Waals surface area contributed by atoms with Gasteiger partial charge in [0.2, 0.25) is 0 Å². The van der Waals surface area contributed by atoms with Gasteiger partial charge in [-0.15, -0.1) is 11.3 Å². The second-order valence-corrected chi connectivity index (χ2v) is 6.48. The molecular weight excluding hydrogens is 332 g/mol. The van der Waals surface area contributed by atoms with Crippen molar-refractivity contribution in [3.05, 3.63) is 71.1 Å². The van der Waals surface area contributed by atoms with E-state index in [0.29, 0.717) is 23.8 Å². The van der Waals surface area contributed by atoms with E-state index in [0.717, 1.165) is 16.8 Å². The molecule has 0 aliphatic rings. The smallest absolute Gasteiger partial charge is 0.260 e. The average molecular weight is 352 g/mol. The maximum atomic E-state index is 13.1. The fourth-order valence-corrected chi connectivity index (χ4v) is 3.41. The molecule has 0 N–H and O–H groups in total. The summed E-state index contributed by atoms with van der Waals surface area (Å²) in [6.07, 6.45) is 0. The van der Waals surface area contributed by atoms with Crippen LogP contribution < -0.4 is 4.90 Å². The number of benzene rings is 2. The molecule has 0 spiro atoms. The number of aromatic nitrogens is 1. The predicted molar refractivity (Wildman–Crippen MR) is 102 cm³/mol. The number of amides is 1. The van der Waals surface area contributed by atoms with E-state index in [2.05, 4.69) is 4.98 Å². The van der Waals surface area contributed by atoms with E-state index < -0.39 is 0 Å². The number of nitrogens with zero attached hydrogens (tertiary/aromatic N) is 2. The summed E-state index contributed by atoms with van der Waals surface area (Å²) in [6.45, 7) is 2.86. The van der Waals surface area contributed by atoms with Gasteiger partial charge in [-0.05, 0) is 18.6 Å². The minimum atomic E-state index is -0.0517. The van der Waals surface area contributed by atoms with Crippen LogP contribution in [0.5, 0.6) is 0 Å². The summed E-state index contributed by atoms with van der Waals surface area (Å²) in [6, 6.07) is 17.6. The van der Waals surface area contributed by atoms with Gasteiger partial charge in [0.05, 0.1) is 18.8 Å². The van der Waals surface area contributed by atoms with Crippen molar-refractivity contribution >= 4 is 22.4 Å². The molecule has 128 valence electrons. The molecule has 3 aromatic rings. The highest BCUT2D eigenvalue weighted by Gasteiger charge is 2.22. The first-order valence-electron chi connectivity index (χ1n) is 8.08. The molecule has 1 aromatic heterocycles. The van der Waals surface area contributed by atoms with Crippen LogP contribution in [-0.4, -0.2) is 31.2 Å². The fraction of sp³-hybridized carbons (Fsp3) is 0.200. The number of carbonyl (C=O) groups is 1. The predicted octanol–water partition coefficient (Wildman–Crippen LogP) is 4.41. The van der Waals surface area contributed by atoms with Crippen molar-refractivity contribution in [1.29, 1.82) is 0 Å². The largest absolute Gasteiger partial charge is 0.383 e. The zero-order valence-electron chi connectivity index (χ0n) is 14.3. The number of aryl methyl sites for hydroxylation is 1. The molecule has 0 aliphatic heterocycles. The van der Waals surface area contributed by atoms with Crippen molar-refractivity contribution in [2.24, 2.45) is 0 Å². The molecule has 0 saturated heterocycles. The fourth-order valence-electron chi connectivity index (χ4n) is 2.55. The molecule has 2 aromatic carbocycles. The molecule has 0 saturated carbocycles. The van der Waals surface area contributed by atoms with Gasteiger partial charge < -0.3 is 4.74 Å². The van der Waals surface area contributed by atoms with Crippen LogP contribution in [0.15, 0.2) is 60.0 Å². The van der Waals surface area contributed by atoms with Crippen molar-refractivity contribution in [3.8, 4) is 11.3 Å². The monoisotopic (exact) mass is 352 g/mol. The maximum absolute atomic E-state index is 13.1. The van der Waals surface area contributed by atoms with Crippen LogP contribution in [0, 0.1) is 6.92 Å². The first-order chi connectivity index (χ1) is 12.2. The molecule has 0 aliphatic carbocycles. The van der Waals surface area contributed by atoms with E-state index >= 15 is 0 Å². The molecule has 0 fully saturated rings. The summed E-state index contributed by atoms with van der Waals surface area (Å²) in [5.41, 5.74) is 3.56. The molecule has 25 heavy (non-hydrogen) atoms. The molecule has 4 nitrogen and oxygen atoms in total. The van der Waals surface area contributed by atoms with Crippen molar-refractivity contribution in [3.63, 3.8) is 0 Å². The van der Waals surface area contributed by atoms with Gasteiger partial charge in [0.1, 0.15) is 0 Å². The number of carbonyl (C=O) groups excluding carboxylic acids is 1. The van der Waals surface area contributed by atoms with Crippen LogP contribution in [0.2, 0.25) is 0 Å². The topological polar surface area (TPSA) is 42.4 Å². The number of rotatable bonds is 6. The van der Waals surface area contributed by atoms with Crippen LogP contribution in [0.1, 0.15) is 15.9 Å².